The van der Waals surface area contributed by atoms with E-state index in [1.54, 1.807) is 29.1 Å². The summed E-state index contributed by atoms with van der Waals surface area (Å²) in [5, 5.41) is 12.8. The number of hydrogen-bond acceptors (Lipinski definition) is 4. The van der Waals surface area contributed by atoms with E-state index >= 15 is 0 Å². The molecule has 0 aliphatic rings. The van der Waals surface area contributed by atoms with Gasteiger partial charge in [0.15, 0.2) is 6.73 Å². The molecule has 1 N–H and O–H groups in total. The van der Waals surface area contributed by atoms with Gasteiger partial charge in [0.2, 0.25) is 0 Å². The van der Waals surface area contributed by atoms with Gasteiger partial charge in [0.05, 0.1) is 11.4 Å². The van der Waals surface area contributed by atoms with Gasteiger partial charge in [-0.25, -0.2) is 9.36 Å². The first-order chi connectivity index (χ1) is 17.6. The topological polar surface area (TPSA) is 74.0 Å². The van der Waals surface area contributed by atoms with Crippen molar-refractivity contribution in [2.24, 2.45) is 0 Å². The molecule has 8 heteroatoms. The van der Waals surface area contributed by atoms with Gasteiger partial charge < -0.3 is 10.1 Å². The van der Waals surface area contributed by atoms with Crippen LogP contribution in [0.5, 0.6) is 5.75 Å². The van der Waals surface area contributed by atoms with Gasteiger partial charge in [0.1, 0.15) is 11.4 Å². The Labute approximate surface area is 213 Å². The van der Waals surface area contributed by atoms with Crippen molar-refractivity contribution in [3.05, 3.63) is 119 Å². The Morgan fingerprint density at radius 1 is 0.972 bits per heavy atom. The number of amides is 1. The summed E-state index contributed by atoms with van der Waals surface area (Å²) in [5.74, 6) is 0.407. The van der Waals surface area contributed by atoms with Crippen LogP contribution in [0.2, 0.25) is 5.02 Å². The third-order valence-electron chi connectivity index (χ3n) is 5.66. The highest BCUT2D eigenvalue weighted by atomic mass is 35.5. The number of aryl methyl sites for hydroxylation is 1. The molecule has 0 atom stereocenters. The fraction of sp³-hybridized carbons (Fsp3) is 0.107. The van der Waals surface area contributed by atoms with Gasteiger partial charge >= 0.3 is 0 Å². The van der Waals surface area contributed by atoms with Gasteiger partial charge in [0.25, 0.3) is 5.91 Å². The molecule has 0 fully saturated rings. The van der Waals surface area contributed by atoms with E-state index in [9.17, 15) is 4.79 Å². The molecule has 0 spiro atoms. The fourth-order valence-electron chi connectivity index (χ4n) is 3.76. The third-order valence-corrected chi connectivity index (χ3v) is 6.09. The van der Waals surface area contributed by atoms with Crippen molar-refractivity contribution in [2.75, 3.05) is 0 Å². The molecule has 2 heterocycles. The van der Waals surface area contributed by atoms with E-state index in [1.165, 1.54) is 0 Å². The Kier molecular flexibility index (Phi) is 6.82. The SMILES string of the molecule is Cc1cc(OCn2ccc(C(=O)NCc3cn(-c4ccccc4)nc3-c3ccccc3)n2)ccc1Cl. The minimum atomic E-state index is -0.275. The largest absolute Gasteiger partial charge is 0.471 e. The Bertz CT molecular complexity index is 1480. The number of para-hydroxylation sites is 1. The molecule has 2 aromatic heterocycles. The summed E-state index contributed by atoms with van der Waals surface area (Å²) in [6, 6.07) is 26.9. The Balaban J connectivity index is 1.27. The van der Waals surface area contributed by atoms with Crippen LogP contribution in [-0.2, 0) is 13.3 Å². The quantitative estimate of drug-likeness (QED) is 0.300. The van der Waals surface area contributed by atoms with E-state index < -0.39 is 0 Å². The van der Waals surface area contributed by atoms with Crippen molar-refractivity contribution in [3.8, 4) is 22.7 Å². The van der Waals surface area contributed by atoms with Crippen molar-refractivity contribution in [2.45, 2.75) is 20.2 Å². The summed E-state index contributed by atoms with van der Waals surface area (Å²) < 4.78 is 9.16. The predicted octanol–water partition coefficient (Wildman–Crippen LogP) is 5.66. The molecule has 0 saturated heterocycles. The molecular formula is C28H24ClN5O2. The number of hydrogen-bond donors (Lipinski definition) is 1. The zero-order valence-corrected chi connectivity index (χ0v) is 20.4. The van der Waals surface area contributed by atoms with Gasteiger partial charge in [-0.3, -0.25) is 4.79 Å². The van der Waals surface area contributed by atoms with E-state index in [1.807, 2.05) is 84.5 Å². The molecule has 7 nitrogen and oxygen atoms in total. The molecule has 36 heavy (non-hydrogen) atoms. The number of halogens is 1. The van der Waals surface area contributed by atoms with Crippen LogP contribution in [0, 0.1) is 6.92 Å². The number of ether oxygens (including phenoxy) is 1. The zero-order chi connectivity index (χ0) is 24.9. The molecule has 180 valence electrons. The summed E-state index contributed by atoms with van der Waals surface area (Å²) in [6.45, 7) is 2.40. The second-order valence-electron chi connectivity index (χ2n) is 8.26. The average Bonchev–Trinajstić information content (AvgIpc) is 3.57. The van der Waals surface area contributed by atoms with Crippen molar-refractivity contribution >= 4 is 17.5 Å². The molecule has 0 unspecified atom stereocenters. The van der Waals surface area contributed by atoms with Crippen LogP contribution in [0.1, 0.15) is 21.6 Å². The van der Waals surface area contributed by atoms with Gasteiger partial charge in [-0.1, -0.05) is 60.1 Å². The fourth-order valence-corrected chi connectivity index (χ4v) is 3.88. The third kappa shape index (κ3) is 5.31. The maximum absolute atomic E-state index is 12.8. The number of nitrogens with zero attached hydrogens (tertiary/aromatic N) is 4. The smallest absolute Gasteiger partial charge is 0.272 e. The molecule has 3 aromatic carbocycles. The van der Waals surface area contributed by atoms with E-state index in [0.717, 1.165) is 28.1 Å². The number of aromatic nitrogens is 4. The van der Waals surface area contributed by atoms with E-state index in [2.05, 4.69) is 10.4 Å². The molecule has 5 aromatic rings. The van der Waals surface area contributed by atoms with Crippen LogP contribution < -0.4 is 10.1 Å². The number of benzene rings is 3. The maximum Gasteiger partial charge on any atom is 0.272 e. The Hall–Kier alpha value is -4.36. The highest BCUT2D eigenvalue weighted by molar-refractivity contribution is 6.31. The van der Waals surface area contributed by atoms with Crippen LogP contribution in [0.25, 0.3) is 16.9 Å². The second kappa shape index (κ2) is 10.5. The lowest BCUT2D eigenvalue weighted by molar-refractivity contribution is 0.0944. The molecule has 0 aliphatic heterocycles. The maximum atomic E-state index is 12.8. The van der Waals surface area contributed by atoms with E-state index in [-0.39, 0.29) is 12.6 Å². The summed E-state index contributed by atoms with van der Waals surface area (Å²) in [7, 11) is 0. The molecule has 0 aliphatic carbocycles. The monoisotopic (exact) mass is 497 g/mol. The molecular weight excluding hydrogens is 474 g/mol. The predicted molar refractivity (Wildman–Crippen MR) is 139 cm³/mol. The van der Waals surface area contributed by atoms with Gasteiger partial charge in [-0.2, -0.15) is 10.2 Å². The van der Waals surface area contributed by atoms with Crippen LogP contribution in [0.4, 0.5) is 0 Å². The van der Waals surface area contributed by atoms with Crippen LogP contribution in [0.15, 0.2) is 97.3 Å². The highest BCUT2D eigenvalue weighted by Crippen LogP contribution is 2.24. The Morgan fingerprint density at radius 2 is 1.72 bits per heavy atom. The standard InChI is InChI=1S/C28H24ClN5O2/c1-20-16-24(12-13-25(20)29)36-19-33-15-14-26(31-33)28(35)30-17-22-18-34(23-10-6-3-7-11-23)32-27(22)21-8-4-2-5-9-21/h2-16,18H,17,19H2,1H3,(H,30,35). The lowest BCUT2D eigenvalue weighted by atomic mass is 10.1. The van der Waals surface area contributed by atoms with Gasteiger partial charge in [-0.15, -0.1) is 0 Å². The van der Waals surface area contributed by atoms with Gasteiger partial charge in [-0.05, 0) is 48.9 Å². The number of carbonyl (C=O) groups is 1. The average molecular weight is 498 g/mol. The first kappa shape index (κ1) is 23.4. The number of nitrogens with one attached hydrogen (secondary N) is 1. The lowest BCUT2D eigenvalue weighted by Crippen LogP contribution is -2.23. The molecule has 1 amide bonds. The lowest BCUT2D eigenvalue weighted by Gasteiger charge is -2.08. The first-order valence-electron chi connectivity index (χ1n) is 11.5. The van der Waals surface area contributed by atoms with Crippen molar-refractivity contribution in [1.29, 1.82) is 0 Å². The molecule has 0 saturated carbocycles. The van der Waals surface area contributed by atoms with E-state index in [4.69, 9.17) is 21.4 Å². The minimum Gasteiger partial charge on any atom is -0.471 e. The van der Waals surface area contributed by atoms with Gasteiger partial charge in [0, 0.05) is 35.1 Å². The van der Waals surface area contributed by atoms with Crippen molar-refractivity contribution < 1.29 is 9.53 Å². The summed E-state index contributed by atoms with van der Waals surface area (Å²) in [4.78, 5) is 12.8. The number of rotatable bonds is 8. The number of carbonyl (C=O) groups excluding carboxylic acids is 1. The zero-order valence-electron chi connectivity index (χ0n) is 19.6. The molecule has 0 radical (unpaired) electrons. The van der Waals surface area contributed by atoms with Crippen LogP contribution in [-0.4, -0.2) is 25.5 Å². The van der Waals surface area contributed by atoms with Crippen molar-refractivity contribution in [1.82, 2.24) is 24.9 Å². The van der Waals surface area contributed by atoms with Crippen molar-refractivity contribution in [3.63, 3.8) is 0 Å². The highest BCUT2D eigenvalue weighted by Gasteiger charge is 2.15. The molecule has 0 bridgehead atoms. The molecule has 5 rings (SSSR count). The van der Waals surface area contributed by atoms with E-state index in [0.29, 0.717) is 23.0 Å². The summed E-state index contributed by atoms with van der Waals surface area (Å²) >= 11 is 6.06. The minimum absolute atomic E-state index is 0.177. The van der Waals surface area contributed by atoms with Crippen LogP contribution in [0.3, 0.4) is 0 Å². The Morgan fingerprint density at radius 3 is 2.47 bits per heavy atom. The summed E-state index contributed by atoms with van der Waals surface area (Å²) in [5.41, 5.74) is 4.89. The second-order valence-corrected chi connectivity index (χ2v) is 8.66. The van der Waals surface area contributed by atoms with Crippen LogP contribution >= 0.6 is 11.6 Å². The normalized spacial score (nSPS) is 10.8. The summed E-state index contributed by atoms with van der Waals surface area (Å²) in [6.07, 6.45) is 3.65. The first-order valence-corrected chi connectivity index (χ1v) is 11.8.